The lowest BCUT2D eigenvalue weighted by Gasteiger charge is -2.20. The van der Waals surface area contributed by atoms with Gasteiger partial charge in [-0.25, -0.2) is 4.79 Å². The molecule has 3 atom stereocenters. The highest BCUT2D eigenvalue weighted by Crippen LogP contribution is 2.00. The largest absolute Gasteiger partial charge is 0.480 e. The van der Waals surface area contributed by atoms with Gasteiger partial charge in [0.15, 0.2) is 5.96 Å². The Labute approximate surface area is 166 Å². The van der Waals surface area contributed by atoms with Gasteiger partial charge in [-0.3, -0.25) is 19.4 Å². The van der Waals surface area contributed by atoms with Crippen molar-refractivity contribution in [1.82, 2.24) is 16.0 Å². The zero-order chi connectivity index (χ0) is 21.7. The van der Waals surface area contributed by atoms with Gasteiger partial charge in [-0.15, -0.1) is 0 Å². The molecule has 0 rings (SSSR count). The fourth-order valence-corrected chi connectivity index (χ4v) is 2.02. The molecule has 0 radical (unpaired) electrons. The number of hydrogen-bond acceptors (Lipinski definition) is 8. The summed E-state index contributed by atoms with van der Waals surface area (Å²) in [5.41, 5.74) is 15.9. The van der Waals surface area contributed by atoms with Crippen molar-refractivity contribution in [2.45, 2.75) is 31.0 Å². The van der Waals surface area contributed by atoms with Gasteiger partial charge in [0.2, 0.25) is 17.7 Å². The highest BCUT2D eigenvalue weighted by atomic mass is 32.1. The molecule has 0 aromatic carbocycles. The van der Waals surface area contributed by atoms with Crippen LogP contribution in [-0.4, -0.2) is 83.4 Å². The highest BCUT2D eigenvalue weighted by molar-refractivity contribution is 7.80. The van der Waals surface area contributed by atoms with Crippen molar-refractivity contribution in [2.75, 3.05) is 25.4 Å². The van der Waals surface area contributed by atoms with Crippen LogP contribution in [0.5, 0.6) is 0 Å². The fraction of sp³-hybridized carbons (Fsp3) is 0.643. The van der Waals surface area contributed by atoms with Gasteiger partial charge in [0.1, 0.15) is 12.1 Å². The molecule has 11 N–H and O–H groups in total. The second-order valence-electron chi connectivity index (χ2n) is 5.66. The van der Waals surface area contributed by atoms with Crippen molar-refractivity contribution < 1.29 is 29.4 Å². The number of aliphatic carboxylic acids is 1. The van der Waals surface area contributed by atoms with Gasteiger partial charge in [-0.2, -0.15) is 12.6 Å². The summed E-state index contributed by atoms with van der Waals surface area (Å²) in [6.07, 6.45) is 0.375. The zero-order valence-electron chi connectivity index (χ0n) is 15.1. The molecule has 0 saturated carbocycles. The molecule has 3 unspecified atom stereocenters. The molecular weight excluding hydrogens is 394 g/mol. The van der Waals surface area contributed by atoms with Crippen molar-refractivity contribution in [1.29, 1.82) is 0 Å². The van der Waals surface area contributed by atoms with Crippen molar-refractivity contribution in [3.63, 3.8) is 0 Å². The number of nitrogens with one attached hydrogen (secondary N) is 3. The van der Waals surface area contributed by atoms with Crippen LogP contribution in [-0.2, 0) is 19.2 Å². The third-order valence-corrected chi connectivity index (χ3v) is 3.74. The molecule has 13 nitrogen and oxygen atoms in total. The predicted molar refractivity (Wildman–Crippen MR) is 103 cm³/mol. The van der Waals surface area contributed by atoms with Crippen molar-refractivity contribution in [3.05, 3.63) is 0 Å². The van der Waals surface area contributed by atoms with Crippen LogP contribution in [0.4, 0.5) is 0 Å². The van der Waals surface area contributed by atoms with E-state index in [4.69, 9.17) is 27.4 Å². The molecule has 0 bridgehead atoms. The lowest BCUT2D eigenvalue weighted by Crippen LogP contribution is -2.54. The van der Waals surface area contributed by atoms with Crippen LogP contribution in [0.15, 0.2) is 4.99 Å². The topological polar surface area (TPSA) is 235 Å². The van der Waals surface area contributed by atoms with E-state index in [1.807, 2.05) is 0 Å². The standard InChI is InChI=1S/C14H27N7O6S/c15-7(6-28)11(24)19-4-10(23)20-8(2-1-3-18-14(16)17)12(25)21-9(5-22)13(26)27/h7-9,22,28H,1-6,15H2,(H,19,24)(H,20,23)(H,21,25)(H,26,27)(H4,16,17,18). The molecule has 0 heterocycles. The number of nitrogens with two attached hydrogens (primary N) is 3. The number of guanidine groups is 1. The zero-order valence-corrected chi connectivity index (χ0v) is 16.0. The molecule has 28 heavy (non-hydrogen) atoms. The molecule has 0 aliphatic carbocycles. The first-order valence-electron chi connectivity index (χ1n) is 8.25. The van der Waals surface area contributed by atoms with Gasteiger partial charge in [-0.1, -0.05) is 0 Å². The minimum atomic E-state index is -1.53. The fourth-order valence-electron chi connectivity index (χ4n) is 1.86. The molecule has 0 aliphatic rings. The van der Waals surface area contributed by atoms with E-state index in [1.165, 1.54) is 0 Å². The molecule has 3 amide bonds. The summed E-state index contributed by atoms with van der Waals surface area (Å²) < 4.78 is 0. The summed E-state index contributed by atoms with van der Waals surface area (Å²) in [4.78, 5) is 50.5. The number of carbonyl (C=O) groups is 4. The minimum Gasteiger partial charge on any atom is -0.480 e. The lowest BCUT2D eigenvalue weighted by molar-refractivity contribution is -0.143. The number of amides is 3. The first kappa shape index (κ1) is 25.4. The van der Waals surface area contributed by atoms with Gasteiger partial charge in [-0.05, 0) is 12.8 Å². The van der Waals surface area contributed by atoms with E-state index < -0.39 is 55.0 Å². The van der Waals surface area contributed by atoms with Gasteiger partial charge in [0.25, 0.3) is 0 Å². The number of rotatable bonds is 13. The quantitative estimate of drug-likeness (QED) is 0.0601. The van der Waals surface area contributed by atoms with E-state index >= 15 is 0 Å². The second-order valence-corrected chi connectivity index (χ2v) is 6.02. The highest BCUT2D eigenvalue weighted by Gasteiger charge is 2.26. The summed E-state index contributed by atoms with van der Waals surface area (Å²) in [6, 6.07) is -3.56. The van der Waals surface area contributed by atoms with Crippen molar-refractivity contribution in [3.8, 4) is 0 Å². The molecule has 160 valence electrons. The van der Waals surface area contributed by atoms with Crippen LogP contribution in [0.3, 0.4) is 0 Å². The number of hydrogen-bond donors (Lipinski definition) is 9. The number of carboxylic acids is 1. The van der Waals surface area contributed by atoms with Gasteiger partial charge >= 0.3 is 5.97 Å². The summed E-state index contributed by atoms with van der Waals surface area (Å²) in [7, 11) is 0. The average molecular weight is 421 g/mol. The normalized spacial score (nSPS) is 13.5. The molecule has 0 spiro atoms. The summed E-state index contributed by atoms with van der Waals surface area (Å²) in [5.74, 6) is -3.60. The molecule has 0 fully saturated rings. The van der Waals surface area contributed by atoms with Crippen LogP contribution < -0.4 is 33.2 Å². The Morgan fingerprint density at radius 1 is 1.07 bits per heavy atom. The monoisotopic (exact) mass is 421 g/mol. The minimum absolute atomic E-state index is 0.0796. The van der Waals surface area contributed by atoms with Crippen LogP contribution in [0, 0.1) is 0 Å². The first-order chi connectivity index (χ1) is 13.1. The maximum absolute atomic E-state index is 12.3. The number of nitrogens with zero attached hydrogens (tertiary/aromatic N) is 1. The first-order valence-corrected chi connectivity index (χ1v) is 8.88. The Morgan fingerprint density at radius 2 is 1.71 bits per heavy atom. The molecule has 0 aromatic heterocycles. The van der Waals surface area contributed by atoms with Crippen molar-refractivity contribution in [2.24, 2.45) is 22.2 Å². The number of carbonyl (C=O) groups excluding carboxylic acids is 3. The van der Waals surface area contributed by atoms with Gasteiger partial charge < -0.3 is 43.4 Å². The molecule has 0 aromatic rings. The van der Waals surface area contributed by atoms with Crippen LogP contribution >= 0.6 is 12.6 Å². The van der Waals surface area contributed by atoms with E-state index in [0.29, 0.717) is 6.42 Å². The third kappa shape index (κ3) is 10.5. The molecular formula is C14H27N7O6S. The Bertz CT molecular complexity index is 585. The Morgan fingerprint density at radius 3 is 2.21 bits per heavy atom. The van der Waals surface area contributed by atoms with E-state index in [9.17, 15) is 19.2 Å². The number of thiol groups is 1. The SMILES string of the molecule is NC(N)=NCCCC(NC(=O)CNC(=O)C(N)CS)C(=O)NC(CO)C(=O)O. The summed E-state index contributed by atoms with van der Waals surface area (Å²) >= 11 is 3.87. The Kier molecular flexibility index (Phi) is 12.3. The number of aliphatic hydroxyl groups excluding tert-OH is 1. The predicted octanol–water partition coefficient (Wildman–Crippen LogP) is -4.54. The number of carboxylic acid groups (broad SMARTS) is 1. The van der Waals surface area contributed by atoms with E-state index in [1.54, 1.807) is 0 Å². The number of aliphatic imine (C=N–C) groups is 1. The molecule has 14 heteroatoms. The van der Waals surface area contributed by atoms with Crippen LogP contribution in [0.25, 0.3) is 0 Å². The Hall–Kier alpha value is -2.58. The van der Waals surface area contributed by atoms with Crippen LogP contribution in [0.2, 0.25) is 0 Å². The Balaban J connectivity index is 4.88. The third-order valence-electron chi connectivity index (χ3n) is 3.35. The maximum Gasteiger partial charge on any atom is 0.328 e. The smallest absolute Gasteiger partial charge is 0.328 e. The average Bonchev–Trinajstić information content (AvgIpc) is 2.64. The van der Waals surface area contributed by atoms with Crippen molar-refractivity contribution >= 4 is 42.3 Å². The lowest BCUT2D eigenvalue weighted by atomic mass is 10.1. The summed E-state index contributed by atoms with van der Waals surface area (Å²) in [5, 5.41) is 24.7. The molecule has 0 saturated heterocycles. The van der Waals surface area contributed by atoms with E-state index in [2.05, 4.69) is 33.6 Å². The maximum atomic E-state index is 12.3. The van der Waals surface area contributed by atoms with Gasteiger partial charge in [0, 0.05) is 12.3 Å². The number of aliphatic hydroxyl groups is 1. The second kappa shape index (κ2) is 13.6. The molecule has 0 aliphatic heterocycles. The van der Waals surface area contributed by atoms with E-state index in [0.717, 1.165) is 0 Å². The van der Waals surface area contributed by atoms with E-state index in [-0.39, 0.29) is 24.7 Å². The van der Waals surface area contributed by atoms with Crippen LogP contribution in [0.1, 0.15) is 12.8 Å². The summed E-state index contributed by atoms with van der Waals surface area (Å²) in [6.45, 7) is -1.09. The van der Waals surface area contributed by atoms with Gasteiger partial charge in [0.05, 0.1) is 19.2 Å².